The molecule has 0 heterocycles. The van der Waals surface area contributed by atoms with E-state index in [4.69, 9.17) is 14.2 Å². The van der Waals surface area contributed by atoms with E-state index in [2.05, 4.69) is 5.32 Å². The Labute approximate surface area is 152 Å². The van der Waals surface area contributed by atoms with E-state index >= 15 is 0 Å². The van der Waals surface area contributed by atoms with Crippen molar-refractivity contribution >= 4 is 23.5 Å². The van der Waals surface area contributed by atoms with Gasteiger partial charge in [0.05, 0.1) is 26.9 Å². The van der Waals surface area contributed by atoms with E-state index in [0.29, 0.717) is 28.5 Å². The SMILES string of the molecule is COc1ccc(C(=O)/C=C/c2ccc(NC(C)=O)cc2)c(OC)c1OC. The molecule has 0 fully saturated rings. The molecular weight excluding hydrogens is 334 g/mol. The number of methoxy groups -OCH3 is 3. The molecule has 0 saturated carbocycles. The summed E-state index contributed by atoms with van der Waals surface area (Å²) in [4.78, 5) is 23.6. The first-order valence-corrected chi connectivity index (χ1v) is 7.89. The van der Waals surface area contributed by atoms with Crippen molar-refractivity contribution in [3.8, 4) is 17.2 Å². The quantitative estimate of drug-likeness (QED) is 0.607. The van der Waals surface area contributed by atoms with Crippen LogP contribution in [0.4, 0.5) is 5.69 Å². The van der Waals surface area contributed by atoms with E-state index in [1.165, 1.54) is 34.3 Å². The first kappa shape index (κ1) is 19.1. The van der Waals surface area contributed by atoms with Gasteiger partial charge in [-0.1, -0.05) is 18.2 Å². The molecular formula is C20H21NO5. The molecule has 0 unspecified atom stereocenters. The second kappa shape index (κ2) is 8.71. The molecule has 0 radical (unpaired) electrons. The maximum atomic E-state index is 12.6. The Morgan fingerprint density at radius 2 is 1.54 bits per heavy atom. The number of carbonyl (C=O) groups excluding carboxylic acids is 2. The van der Waals surface area contributed by atoms with Gasteiger partial charge in [0, 0.05) is 12.6 Å². The summed E-state index contributed by atoms with van der Waals surface area (Å²) in [6, 6.07) is 10.4. The molecule has 2 rings (SSSR count). The number of allylic oxidation sites excluding steroid dienone is 1. The summed E-state index contributed by atoms with van der Waals surface area (Å²) in [5.41, 5.74) is 1.89. The van der Waals surface area contributed by atoms with Gasteiger partial charge in [0.2, 0.25) is 11.7 Å². The standard InChI is InChI=1S/C20H21NO5/c1-13(22)21-15-8-5-14(6-9-15)7-11-17(23)16-10-12-18(24-2)20(26-4)19(16)25-3/h5-12H,1-4H3,(H,21,22)/b11-7+. The maximum Gasteiger partial charge on any atom is 0.221 e. The number of benzene rings is 2. The Morgan fingerprint density at radius 3 is 2.08 bits per heavy atom. The van der Waals surface area contributed by atoms with Gasteiger partial charge in [-0.05, 0) is 35.9 Å². The number of carbonyl (C=O) groups is 2. The summed E-state index contributed by atoms with van der Waals surface area (Å²) < 4.78 is 15.8. The average molecular weight is 355 g/mol. The van der Waals surface area contributed by atoms with Crippen LogP contribution < -0.4 is 19.5 Å². The number of amides is 1. The van der Waals surface area contributed by atoms with Crippen molar-refractivity contribution in [2.24, 2.45) is 0 Å². The predicted molar refractivity (Wildman–Crippen MR) is 100 cm³/mol. The number of nitrogens with one attached hydrogen (secondary N) is 1. The summed E-state index contributed by atoms with van der Waals surface area (Å²) in [6.07, 6.45) is 3.15. The Bertz CT molecular complexity index is 825. The van der Waals surface area contributed by atoms with Gasteiger partial charge in [-0.15, -0.1) is 0 Å². The highest BCUT2D eigenvalue weighted by molar-refractivity contribution is 6.09. The summed E-state index contributed by atoms with van der Waals surface area (Å²) in [6.45, 7) is 1.45. The predicted octanol–water partition coefficient (Wildman–Crippen LogP) is 3.57. The van der Waals surface area contributed by atoms with Crippen molar-refractivity contribution in [2.75, 3.05) is 26.6 Å². The lowest BCUT2D eigenvalue weighted by Gasteiger charge is -2.14. The highest BCUT2D eigenvalue weighted by Gasteiger charge is 2.19. The highest BCUT2D eigenvalue weighted by Crippen LogP contribution is 2.40. The fourth-order valence-corrected chi connectivity index (χ4v) is 2.44. The molecule has 0 atom stereocenters. The largest absolute Gasteiger partial charge is 0.493 e. The number of anilines is 1. The van der Waals surface area contributed by atoms with Crippen LogP contribution in [0.5, 0.6) is 17.2 Å². The minimum atomic E-state index is -0.228. The lowest BCUT2D eigenvalue weighted by atomic mass is 10.1. The summed E-state index contributed by atoms with van der Waals surface area (Å²) in [5, 5.41) is 2.69. The third-order valence-electron chi connectivity index (χ3n) is 3.63. The van der Waals surface area contributed by atoms with Crippen molar-refractivity contribution < 1.29 is 23.8 Å². The fourth-order valence-electron chi connectivity index (χ4n) is 2.44. The molecule has 0 saturated heterocycles. The van der Waals surface area contributed by atoms with Crippen LogP contribution in [0.3, 0.4) is 0 Å². The molecule has 1 amide bonds. The minimum Gasteiger partial charge on any atom is -0.493 e. The molecule has 0 aromatic heterocycles. The second-order valence-electron chi connectivity index (χ2n) is 5.38. The van der Waals surface area contributed by atoms with E-state index in [-0.39, 0.29) is 11.7 Å². The molecule has 2 aromatic rings. The van der Waals surface area contributed by atoms with Crippen LogP contribution in [0.15, 0.2) is 42.5 Å². The zero-order valence-electron chi connectivity index (χ0n) is 15.2. The average Bonchev–Trinajstić information content (AvgIpc) is 2.65. The Hall–Kier alpha value is -3.28. The Balaban J connectivity index is 2.24. The van der Waals surface area contributed by atoms with Crippen LogP contribution >= 0.6 is 0 Å². The van der Waals surface area contributed by atoms with Crippen LogP contribution in [0, 0.1) is 0 Å². The van der Waals surface area contributed by atoms with Gasteiger partial charge in [-0.3, -0.25) is 9.59 Å². The molecule has 136 valence electrons. The summed E-state index contributed by atoms with van der Waals surface area (Å²) in [5.74, 6) is 0.813. The topological polar surface area (TPSA) is 73.9 Å². The number of hydrogen-bond donors (Lipinski definition) is 1. The first-order valence-electron chi connectivity index (χ1n) is 7.89. The zero-order valence-corrected chi connectivity index (χ0v) is 15.2. The van der Waals surface area contributed by atoms with Gasteiger partial charge in [0.15, 0.2) is 17.3 Å². The van der Waals surface area contributed by atoms with Gasteiger partial charge in [0.1, 0.15) is 0 Å². The molecule has 0 spiro atoms. The molecule has 0 aliphatic heterocycles. The van der Waals surface area contributed by atoms with Gasteiger partial charge < -0.3 is 19.5 Å². The van der Waals surface area contributed by atoms with Crippen LogP contribution in [0.2, 0.25) is 0 Å². The number of rotatable bonds is 7. The molecule has 1 N–H and O–H groups in total. The van der Waals surface area contributed by atoms with E-state index in [9.17, 15) is 9.59 Å². The van der Waals surface area contributed by atoms with E-state index < -0.39 is 0 Å². The molecule has 2 aromatic carbocycles. The molecule has 26 heavy (non-hydrogen) atoms. The molecule has 0 aliphatic rings. The third-order valence-corrected chi connectivity index (χ3v) is 3.63. The lowest BCUT2D eigenvalue weighted by molar-refractivity contribution is -0.114. The maximum absolute atomic E-state index is 12.6. The van der Waals surface area contributed by atoms with Crippen LogP contribution in [-0.2, 0) is 4.79 Å². The van der Waals surface area contributed by atoms with Gasteiger partial charge >= 0.3 is 0 Å². The molecule has 0 aliphatic carbocycles. The first-order chi connectivity index (χ1) is 12.5. The smallest absolute Gasteiger partial charge is 0.221 e. The van der Waals surface area contributed by atoms with Crippen molar-refractivity contribution in [1.82, 2.24) is 0 Å². The van der Waals surface area contributed by atoms with Crippen molar-refractivity contribution in [1.29, 1.82) is 0 Å². The fraction of sp³-hybridized carbons (Fsp3) is 0.200. The number of hydrogen-bond acceptors (Lipinski definition) is 5. The highest BCUT2D eigenvalue weighted by atomic mass is 16.5. The van der Waals surface area contributed by atoms with Gasteiger partial charge in [-0.2, -0.15) is 0 Å². The Kier molecular flexibility index (Phi) is 6.38. The summed E-state index contributed by atoms with van der Waals surface area (Å²) >= 11 is 0. The van der Waals surface area contributed by atoms with Gasteiger partial charge in [-0.25, -0.2) is 0 Å². The monoisotopic (exact) mass is 355 g/mol. The second-order valence-corrected chi connectivity index (χ2v) is 5.38. The van der Waals surface area contributed by atoms with Crippen LogP contribution in [-0.4, -0.2) is 33.0 Å². The number of ketones is 1. The van der Waals surface area contributed by atoms with E-state index in [0.717, 1.165) is 5.56 Å². The van der Waals surface area contributed by atoms with E-state index in [1.807, 2.05) is 0 Å². The molecule has 0 bridgehead atoms. The van der Waals surface area contributed by atoms with Gasteiger partial charge in [0.25, 0.3) is 0 Å². The van der Waals surface area contributed by atoms with Crippen molar-refractivity contribution in [3.63, 3.8) is 0 Å². The zero-order chi connectivity index (χ0) is 19.1. The van der Waals surface area contributed by atoms with Crippen molar-refractivity contribution in [3.05, 3.63) is 53.6 Å². The third kappa shape index (κ3) is 4.42. The van der Waals surface area contributed by atoms with Crippen molar-refractivity contribution in [2.45, 2.75) is 6.92 Å². The normalized spacial score (nSPS) is 10.5. The Morgan fingerprint density at radius 1 is 0.885 bits per heavy atom. The van der Waals surface area contributed by atoms with Crippen LogP contribution in [0.1, 0.15) is 22.8 Å². The lowest BCUT2D eigenvalue weighted by Crippen LogP contribution is -2.05. The van der Waals surface area contributed by atoms with Crippen LogP contribution in [0.25, 0.3) is 6.08 Å². The van der Waals surface area contributed by atoms with E-state index in [1.54, 1.807) is 42.5 Å². The number of ether oxygens (including phenoxy) is 3. The molecule has 6 nitrogen and oxygen atoms in total. The minimum absolute atomic E-state index is 0.135. The summed E-state index contributed by atoms with van der Waals surface area (Å²) in [7, 11) is 4.48. The molecule has 6 heteroatoms.